The van der Waals surface area contributed by atoms with Crippen molar-refractivity contribution in [2.45, 2.75) is 22.2 Å². The smallest absolute Gasteiger partial charge is 0.229 e. The van der Waals surface area contributed by atoms with Crippen LogP contribution in [0.15, 0.2) is 0 Å². The van der Waals surface area contributed by atoms with Crippen molar-refractivity contribution >= 4 is 22.6 Å². The third-order valence-electron chi connectivity index (χ3n) is 1.05. The van der Waals surface area contributed by atoms with Crippen LogP contribution in [0.4, 0.5) is 35.1 Å². The summed E-state index contributed by atoms with van der Waals surface area (Å²) in [7, 11) is 0. The van der Waals surface area contributed by atoms with Crippen molar-refractivity contribution in [1.29, 1.82) is 0 Å². The van der Waals surface area contributed by atoms with Gasteiger partial charge in [-0.25, -0.2) is 4.39 Å². The maximum Gasteiger partial charge on any atom is 0.460 e. The van der Waals surface area contributed by atoms with E-state index in [0.717, 1.165) is 0 Å². The lowest BCUT2D eigenvalue weighted by Crippen LogP contribution is -2.55. The van der Waals surface area contributed by atoms with Crippen molar-refractivity contribution in [2.24, 2.45) is 0 Å². The van der Waals surface area contributed by atoms with Gasteiger partial charge in [0.2, 0.25) is 4.18 Å². The van der Waals surface area contributed by atoms with Crippen LogP contribution in [0.1, 0.15) is 0 Å². The van der Waals surface area contributed by atoms with E-state index in [9.17, 15) is 35.1 Å². The molecule has 0 saturated carbocycles. The third-order valence-corrected chi connectivity index (χ3v) is 1.83. The topological polar surface area (TPSA) is 0 Å². The van der Waals surface area contributed by atoms with Crippen LogP contribution in [-0.2, 0) is 0 Å². The molecule has 0 rings (SSSR count). The van der Waals surface area contributed by atoms with Crippen LogP contribution in [0.25, 0.3) is 0 Å². The van der Waals surface area contributed by atoms with E-state index in [-0.39, 0.29) is 22.6 Å². The van der Waals surface area contributed by atoms with Crippen LogP contribution in [0, 0.1) is 0 Å². The molecule has 0 aliphatic rings. The Kier molecular flexibility index (Phi) is 3.43. The first kappa shape index (κ1) is 13.2. The van der Waals surface area contributed by atoms with Crippen molar-refractivity contribution < 1.29 is 35.1 Å². The number of alkyl halides is 9. The van der Waals surface area contributed by atoms with Gasteiger partial charge in [-0.15, -0.1) is 0 Å². The molecule has 0 nitrogen and oxygen atoms in total. The molecule has 0 N–H and O–H groups in total. The summed E-state index contributed by atoms with van der Waals surface area (Å²) in [5.41, 5.74) is 0. The van der Waals surface area contributed by atoms with Crippen LogP contribution in [0.5, 0.6) is 0 Å². The average Bonchev–Trinajstić information content (AvgIpc) is 1.84. The van der Waals surface area contributed by atoms with Gasteiger partial charge >= 0.3 is 18.0 Å². The zero-order valence-electron chi connectivity index (χ0n) is 5.48. The van der Waals surface area contributed by atoms with E-state index in [1.165, 1.54) is 0 Å². The van der Waals surface area contributed by atoms with Crippen LogP contribution in [0.2, 0.25) is 0 Å². The number of rotatable bonds is 2. The Balaban J connectivity index is 5.04. The Morgan fingerprint density at radius 2 is 1.15 bits per heavy atom. The summed E-state index contributed by atoms with van der Waals surface area (Å²) in [5, 5.41) is 0. The first-order chi connectivity index (χ1) is 5.44. The van der Waals surface area contributed by atoms with Crippen molar-refractivity contribution in [2.75, 3.05) is 0 Å². The highest BCUT2D eigenvalue weighted by Gasteiger charge is 2.75. The Bertz CT molecular complexity index is 181. The van der Waals surface area contributed by atoms with Gasteiger partial charge in [0.25, 0.3) is 0 Å². The molecule has 0 radical (unpaired) electrons. The Hall–Kier alpha value is 0.170. The summed E-state index contributed by atoms with van der Waals surface area (Å²) in [6.07, 6.45) is -6.47. The summed E-state index contributed by atoms with van der Waals surface area (Å²) in [4.78, 5) is 0. The lowest BCUT2D eigenvalue weighted by atomic mass is 10.2. The Labute approximate surface area is 80.4 Å². The third kappa shape index (κ3) is 2.15. The lowest BCUT2D eigenvalue weighted by Gasteiger charge is -2.28. The fourth-order valence-corrected chi connectivity index (χ4v) is 0.717. The highest BCUT2D eigenvalue weighted by atomic mass is 127. The molecule has 0 saturated heterocycles. The van der Waals surface area contributed by atoms with Gasteiger partial charge in [-0.05, 0) is 22.6 Å². The van der Waals surface area contributed by atoms with Gasteiger partial charge in [0, 0.05) is 0 Å². The molecule has 0 heterocycles. The minimum atomic E-state index is -6.47. The lowest BCUT2D eigenvalue weighted by molar-refractivity contribution is -0.358. The van der Waals surface area contributed by atoms with Crippen LogP contribution >= 0.6 is 22.6 Å². The predicted octanol–water partition coefficient (Wildman–Crippen LogP) is 3.55. The van der Waals surface area contributed by atoms with E-state index in [1.54, 1.807) is 0 Å². The normalized spacial score (nSPS) is 17.3. The van der Waals surface area contributed by atoms with Gasteiger partial charge in [0.15, 0.2) is 0 Å². The molecule has 0 aromatic heterocycles. The van der Waals surface area contributed by atoms with E-state index < -0.39 is 22.2 Å². The zero-order chi connectivity index (χ0) is 11.1. The molecular weight excluding hydrogens is 327 g/mol. The second-order valence-corrected chi connectivity index (χ2v) is 3.09. The molecule has 80 valence electrons. The monoisotopic (exact) mass is 328 g/mol. The molecule has 0 aliphatic carbocycles. The molecule has 0 fully saturated rings. The molecular formula is C4HF8I. The van der Waals surface area contributed by atoms with Crippen LogP contribution in [0.3, 0.4) is 0 Å². The van der Waals surface area contributed by atoms with E-state index in [4.69, 9.17) is 0 Å². The number of halogens is 9. The first-order valence-electron chi connectivity index (χ1n) is 2.55. The highest BCUT2D eigenvalue weighted by molar-refractivity contribution is 14.1. The first-order valence-corrected chi connectivity index (χ1v) is 3.79. The summed E-state index contributed by atoms with van der Waals surface area (Å²) in [5.74, 6) is -12.1. The summed E-state index contributed by atoms with van der Waals surface area (Å²) < 4.78 is 89.6. The van der Waals surface area contributed by atoms with Crippen molar-refractivity contribution in [3.63, 3.8) is 0 Å². The predicted molar refractivity (Wildman–Crippen MR) is 34.9 cm³/mol. The molecule has 13 heavy (non-hydrogen) atoms. The van der Waals surface area contributed by atoms with Gasteiger partial charge < -0.3 is 0 Å². The second-order valence-electron chi connectivity index (χ2n) is 2.00. The van der Waals surface area contributed by atoms with Crippen molar-refractivity contribution in [3.05, 3.63) is 0 Å². The Morgan fingerprint density at radius 1 is 0.846 bits per heavy atom. The molecule has 9 heteroatoms. The second kappa shape index (κ2) is 3.39. The fourth-order valence-electron chi connectivity index (χ4n) is 0.326. The summed E-state index contributed by atoms with van der Waals surface area (Å²) >= 11 is 0.154. The standard InChI is InChI=1S/C4HF8I/c5-1(13)2(6,7)3(8,9)4(10,11)12/h1H. The summed E-state index contributed by atoms with van der Waals surface area (Å²) in [6, 6.07) is 0. The van der Waals surface area contributed by atoms with Gasteiger partial charge in [0.05, 0.1) is 0 Å². The van der Waals surface area contributed by atoms with E-state index in [1.807, 2.05) is 0 Å². The molecule has 0 aromatic carbocycles. The van der Waals surface area contributed by atoms with Gasteiger partial charge in [-0.2, -0.15) is 30.7 Å². The number of hydrogen-bond donors (Lipinski definition) is 0. The summed E-state index contributed by atoms with van der Waals surface area (Å²) in [6.45, 7) is 0. The van der Waals surface area contributed by atoms with E-state index >= 15 is 0 Å². The van der Waals surface area contributed by atoms with Gasteiger partial charge in [-0.1, -0.05) is 0 Å². The zero-order valence-corrected chi connectivity index (χ0v) is 7.64. The quantitative estimate of drug-likeness (QED) is 0.413. The average molecular weight is 328 g/mol. The number of hydrogen-bond acceptors (Lipinski definition) is 0. The van der Waals surface area contributed by atoms with Gasteiger partial charge in [0.1, 0.15) is 0 Å². The SMILES string of the molecule is FC(I)C(F)(F)C(F)(F)C(F)(F)F. The fraction of sp³-hybridized carbons (Fsp3) is 1.00. The minimum Gasteiger partial charge on any atom is -0.229 e. The van der Waals surface area contributed by atoms with E-state index in [2.05, 4.69) is 0 Å². The molecule has 0 aromatic rings. The largest absolute Gasteiger partial charge is 0.460 e. The molecule has 0 aliphatic heterocycles. The van der Waals surface area contributed by atoms with Crippen molar-refractivity contribution in [3.8, 4) is 0 Å². The minimum absolute atomic E-state index is 0.154. The molecule has 0 amide bonds. The molecule has 1 unspecified atom stereocenters. The molecule has 0 bridgehead atoms. The molecule has 1 atom stereocenters. The van der Waals surface area contributed by atoms with Crippen LogP contribution in [-0.4, -0.2) is 22.2 Å². The van der Waals surface area contributed by atoms with Crippen molar-refractivity contribution in [1.82, 2.24) is 0 Å². The maximum atomic E-state index is 12.0. The van der Waals surface area contributed by atoms with E-state index in [0.29, 0.717) is 0 Å². The molecule has 0 spiro atoms. The van der Waals surface area contributed by atoms with Gasteiger partial charge in [-0.3, -0.25) is 0 Å². The Morgan fingerprint density at radius 3 is 1.23 bits per heavy atom. The maximum absolute atomic E-state index is 12.0. The van der Waals surface area contributed by atoms with Crippen LogP contribution < -0.4 is 0 Å². The highest BCUT2D eigenvalue weighted by Crippen LogP contribution is 2.49.